The molecule has 0 aliphatic carbocycles. The summed E-state index contributed by atoms with van der Waals surface area (Å²) in [5.41, 5.74) is 2.17. The van der Waals surface area contributed by atoms with Crippen molar-refractivity contribution in [2.75, 3.05) is 0 Å². The summed E-state index contributed by atoms with van der Waals surface area (Å²) < 4.78 is 38.1. The number of carbonyl (C=O) groups is 1. The van der Waals surface area contributed by atoms with Gasteiger partial charge in [-0.3, -0.25) is 0 Å². The molecule has 0 radical (unpaired) electrons. The summed E-state index contributed by atoms with van der Waals surface area (Å²) in [7, 11) is -3.89. The first-order valence-electron chi connectivity index (χ1n) is 9.99. The maximum atomic E-state index is 12.6. The van der Waals surface area contributed by atoms with Crippen LogP contribution in [-0.2, 0) is 21.2 Å². The van der Waals surface area contributed by atoms with Crippen molar-refractivity contribution < 1.29 is 22.4 Å². The van der Waals surface area contributed by atoms with E-state index in [1.807, 2.05) is 13.8 Å². The smallest absolute Gasteiger partial charge is 0.336 e. The quantitative estimate of drug-likeness (QED) is 0.340. The highest BCUT2D eigenvalue weighted by Gasteiger charge is 2.24. The Balaban J connectivity index is 1.83. The van der Waals surface area contributed by atoms with Crippen molar-refractivity contribution >= 4 is 27.0 Å². The maximum Gasteiger partial charge on any atom is 0.336 e. The first-order chi connectivity index (χ1) is 14.6. The Hall–Kier alpha value is -2.97. The molecule has 0 aliphatic heterocycles. The number of hydrogen-bond acceptors (Lipinski definition) is 6. The van der Waals surface area contributed by atoms with Crippen LogP contribution in [0.1, 0.15) is 37.0 Å². The average molecular weight is 444 g/mol. The second-order valence-corrected chi connectivity index (χ2v) is 9.20. The van der Waals surface area contributed by atoms with Crippen LogP contribution in [0.15, 0.2) is 56.6 Å². The normalized spacial score (nSPS) is 12.6. The van der Waals surface area contributed by atoms with E-state index >= 15 is 0 Å². The van der Waals surface area contributed by atoms with Crippen molar-refractivity contribution in [3.05, 3.63) is 69.6 Å². The Morgan fingerprint density at radius 1 is 1.13 bits per heavy atom. The lowest BCUT2D eigenvalue weighted by Gasteiger charge is -2.15. The molecule has 0 aliphatic rings. The van der Waals surface area contributed by atoms with Crippen molar-refractivity contribution in [3.8, 4) is 5.75 Å². The van der Waals surface area contributed by atoms with Gasteiger partial charge in [0.2, 0.25) is 10.0 Å². The molecule has 0 amide bonds. The fourth-order valence-corrected chi connectivity index (χ4v) is 4.45. The molecule has 8 heteroatoms. The maximum absolute atomic E-state index is 12.6. The number of rotatable bonds is 7. The van der Waals surface area contributed by atoms with Gasteiger partial charge in [0.15, 0.2) is 0 Å². The lowest BCUT2D eigenvalue weighted by molar-refractivity contribution is -0.135. The largest absolute Gasteiger partial charge is 0.425 e. The fraction of sp³-hybridized carbons (Fsp3) is 0.304. The monoisotopic (exact) mass is 443 g/mol. The second-order valence-electron chi connectivity index (χ2n) is 7.48. The van der Waals surface area contributed by atoms with Crippen LogP contribution >= 0.6 is 0 Å². The third-order valence-electron chi connectivity index (χ3n) is 4.94. The number of ether oxygens (including phenoxy) is 1. The highest BCUT2D eigenvalue weighted by molar-refractivity contribution is 7.89. The Labute approximate surface area is 181 Å². The van der Waals surface area contributed by atoms with Gasteiger partial charge < -0.3 is 9.15 Å². The molecule has 1 N–H and O–H groups in total. The molecule has 0 saturated heterocycles. The molecule has 0 unspecified atom stereocenters. The number of carbonyl (C=O) groups excluding carboxylic acids is 1. The Kier molecular flexibility index (Phi) is 6.62. The predicted molar refractivity (Wildman–Crippen MR) is 118 cm³/mol. The van der Waals surface area contributed by atoms with Gasteiger partial charge in [-0.1, -0.05) is 31.0 Å². The molecule has 1 heterocycles. The van der Waals surface area contributed by atoms with Crippen LogP contribution < -0.4 is 15.1 Å². The van der Waals surface area contributed by atoms with Crippen molar-refractivity contribution in [2.45, 2.75) is 51.5 Å². The number of esters is 1. The predicted octanol–water partition coefficient (Wildman–Crippen LogP) is 3.63. The molecular weight excluding hydrogens is 418 g/mol. The molecule has 1 atom stereocenters. The summed E-state index contributed by atoms with van der Waals surface area (Å²) >= 11 is 0. The van der Waals surface area contributed by atoms with Gasteiger partial charge in [0, 0.05) is 17.0 Å². The van der Waals surface area contributed by atoms with Crippen LogP contribution in [-0.4, -0.2) is 20.4 Å². The molecule has 0 bridgehead atoms. The molecule has 3 aromatic rings. The van der Waals surface area contributed by atoms with Crippen LogP contribution in [0.2, 0.25) is 0 Å². The van der Waals surface area contributed by atoms with Crippen molar-refractivity contribution in [1.29, 1.82) is 0 Å². The molecule has 7 nitrogen and oxygen atoms in total. The van der Waals surface area contributed by atoms with E-state index in [0.29, 0.717) is 11.1 Å². The number of sulfonamides is 1. The van der Waals surface area contributed by atoms with Gasteiger partial charge in [0.05, 0.1) is 4.90 Å². The van der Waals surface area contributed by atoms with Gasteiger partial charge in [-0.25, -0.2) is 18.0 Å². The van der Waals surface area contributed by atoms with Gasteiger partial charge >= 0.3 is 11.6 Å². The molecule has 0 fully saturated rings. The van der Waals surface area contributed by atoms with Crippen molar-refractivity contribution in [3.63, 3.8) is 0 Å². The summed E-state index contributed by atoms with van der Waals surface area (Å²) in [6.45, 7) is 6.96. The highest BCUT2D eigenvalue weighted by Crippen LogP contribution is 2.29. The highest BCUT2D eigenvalue weighted by atomic mass is 32.2. The molecule has 164 valence electrons. The van der Waals surface area contributed by atoms with E-state index in [4.69, 9.17) is 9.15 Å². The Bertz CT molecular complexity index is 1280. The van der Waals surface area contributed by atoms with E-state index in [2.05, 4.69) is 4.72 Å². The Morgan fingerprint density at radius 2 is 1.81 bits per heavy atom. The van der Waals surface area contributed by atoms with Crippen molar-refractivity contribution in [1.82, 2.24) is 4.72 Å². The molecule has 2 aromatic carbocycles. The average Bonchev–Trinajstić information content (AvgIpc) is 2.70. The van der Waals surface area contributed by atoms with Gasteiger partial charge in [0.1, 0.15) is 17.4 Å². The van der Waals surface area contributed by atoms with E-state index < -0.39 is 27.7 Å². The molecule has 31 heavy (non-hydrogen) atoms. The third kappa shape index (κ3) is 5.03. The van der Waals surface area contributed by atoms with Gasteiger partial charge in [0.25, 0.3) is 0 Å². The second kappa shape index (κ2) is 9.03. The minimum absolute atomic E-state index is 0.0601. The van der Waals surface area contributed by atoms with E-state index in [-0.39, 0.29) is 10.6 Å². The van der Waals surface area contributed by atoms with E-state index in [1.165, 1.54) is 25.1 Å². The lowest BCUT2D eigenvalue weighted by Crippen LogP contribution is -2.40. The SMILES string of the molecule is CCCc1cc(=O)oc2c(C)c(OC(=O)[C@@H](C)NS(=O)(=O)c3ccc(C)cc3)ccc12. The van der Waals surface area contributed by atoms with Gasteiger partial charge in [-0.2, -0.15) is 4.72 Å². The third-order valence-corrected chi connectivity index (χ3v) is 6.50. The van der Waals surface area contributed by atoms with E-state index in [9.17, 15) is 18.0 Å². The summed E-state index contributed by atoms with van der Waals surface area (Å²) in [5, 5.41) is 0.784. The van der Waals surface area contributed by atoms with Gasteiger partial charge in [-0.05, 0) is 57.0 Å². The number of nitrogens with one attached hydrogen (secondary N) is 1. The summed E-state index contributed by atoms with van der Waals surface area (Å²) in [6.07, 6.45) is 1.59. The minimum Gasteiger partial charge on any atom is -0.425 e. The summed E-state index contributed by atoms with van der Waals surface area (Å²) in [4.78, 5) is 24.6. The summed E-state index contributed by atoms with van der Waals surface area (Å²) in [5.74, 6) is -0.569. The first kappa shape index (κ1) is 22.7. The number of aryl methyl sites for hydroxylation is 3. The number of fused-ring (bicyclic) bond motifs is 1. The zero-order valence-corrected chi connectivity index (χ0v) is 18.7. The van der Waals surface area contributed by atoms with Crippen LogP contribution in [0.3, 0.4) is 0 Å². The fourth-order valence-electron chi connectivity index (χ4n) is 3.26. The standard InChI is InChI=1S/C23H25NO6S/c1-5-6-17-13-21(25)30-22-15(3)20(12-11-19(17)22)29-23(26)16(4)24-31(27,28)18-9-7-14(2)8-10-18/h7-13,16,24H,5-6H2,1-4H3/t16-/m1/s1. The van der Waals surface area contributed by atoms with Crippen LogP contribution in [0, 0.1) is 13.8 Å². The van der Waals surface area contributed by atoms with Crippen molar-refractivity contribution in [2.24, 2.45) is 0 Å². The lowest BCUT2D eigenvalue weighted by atomic mass is 10.0. The van der Waals surface area contributed by atoms with Crippen LogP contribution in [0.25, 0.3) is 11.0 Å². The van der Waals surface area contributed by atoms with E-state index in [0.717, 1.165) is 29.4 Å². The van der Waals surface area contributed by atoms with Crippen LogP contribution in [0.4, 0.5) is 0 Å². The topological polar surface area (TPSA) is 103 Å². The van der Waals surface area contributed by atoms with Crippen LogP contribution in [0.5, 0.6) is 5.75 Å². The Morgan fingerprint density at radius 3 is 2.45 bits per heavy atom. The van der Waals surface area contributed by atoms with Gasteiger partial charge in [-0.15, -0.1) is 0 Å². The summed E-state index contributed by atoms with van der Waals surface area (Å²) in [6, 6.07) is 10.00. The zero-order valence-electron chi connectivity index (χ0n) is 17.9. The molecule has 0 saturated carbocycles. The first-order valence-corrected chi connectivity index (χ1v) is 11.5. The van der Waals surface area contributed by atoms with E-state index in [1.54, 1.807) is 31.2 Å². The zero-order chi connectivity index (χ0) is 22.8. The minimum atomic E-state index is -3.89. The molecule has 0 spiro atoms. The molecular formula is C23H25NO6S. The molecule has 3 rings (SSSR count). The molecule has 1 aromatic heterocycles. The number of benzene rings is 2. The number of hydrogen-bond donors (Lipinski definition) is 1.